The number of piperidine rings is 1. The van der Waals surface area contributed by atoms with Gasteiger partial charge >= 0.3 is 0 Å². The van der Waals surface area contributed by atoms with E-state index in [0.29, 0.717) is 23.9 Å². The molecule has 0 aromatic carbocycles. The third-order valence-corrected chi connectivity index (χ3v) is 6.20. The van der Waals surface area contributed by atoms with Gasteiger partial charge in [0.25, 0.3) is 0 Å². The van der Waals surface area contributed by atoms with E-state index in [1.165, 1.54) is 45.1 Å². The summed E-state index contributed by atoms with van der Waals surface area (Å²) < 4.78 is 0. The Morgan fingerprint density at radius 3 is 2.62 bits per heavy atom. The number of hydrogen-bond acceptors (Lipinski definition) is 3. The molecule has 2 saturated heterocycles. The Morgan fingerprint density at radius 1 is 1.19 bits per heavy atom. The second-order valence-electron chi connectivity index (χ2n) is 7.94. The highest BCUT2D eigenvalue weighted by Crippen LogP contribution is 2.45. The third-order valence-electron chi connectivity index (χ3n) is 6.20. The van der Waals surface area contributed by atoms with Crippen molar-refractivity contribution in [2.45, 2.75) is 63.1 Å². The average molecular weight is 291 g/mol. The monoisotopic (exact) mass is 291 g/mol. The van der Waals surface area contributed by atoms with Gasteiger partial charge in [-0.2, -0.15) is 0 Å². The highest BCUT2D eigenvalue weighted by molar-refractivity contribution is 5.91. The number of hydrogen-bond donors (Lipinski definition) is 1. The lowest BCUT2D eigenvalue weighted by atomic mass is 9.96. The summed E-state index contributed by atoms with van der Waals surface area (Å²) in [6.45, 7) is 3.37. The van der Waals surface area contributed by atoms with Crippen LogP contribution in [0.4, 0.5) is 0 Å². The van der Waals surface area contributed by atoms with Gasteiger partial charge < -0.3 is 9.80 Å². The van der Waals surface area contributed by atoms with Crippen molar-refractivity contribution in [3.8, 4) is 0 Å². The second-order valence-corrected chi connectivity index (χ2v) is 7.94. The van der Waals surface area contributed by atoms with Gasteiger partial charge in [-0.1, -0.05) is 12.8 Å². The molecular weight excluding hydrogens is 262 g/mol. The molecule has 4 fully saturated rings. The number of nitrogens with zero attached hydrogens (tertiary/aromatic N) is 2. The van der Waals surface area contributed by atoms with Crippen LogP contribution < -0.4 is 5.32 Å². The predicted molar refractivity (Wildman–Crippen MR) is 82.8 cm³/mol. The van der Waals surface area contributed by atoms with E-state index in [-0.39, 0.29) is 5.54 Å². The first-order valence-electron chi connectivity index (χ1n) is 8.95. The Labute approximate surface area is 128 Å². The molecule has 0 aromatic rings. The van der Waals surface area contributed by atoms with E-state index < -0.39 is 0 Å². The van der Waals surface area contributed by atoms with Crippen molar-refractivity contribution in [1.82, 2.24) is 15.1 Å². The Bertz CT molecular complexity index is 414. The van der Waals surface area contributed by atoms with Crippen molar-refractivity contribution in [3.63, 3.8) is 0 Å². The topological polar surface area (TPSA) is 35.6 Å². The highest BCUT2D eigenvalue weighted by Gasteiger charge is 2.60. The van der Waals surface area contributed by atoms with Crippen LogP contribution >= 0.6 is 0 Å². The maximum atomic E-state index is 12.9. The zero-order valence-corrected chi connectivity index (χ0v) is 13.3. The van der Waals surface area contributed by atoms with Crippen LogP contribution in [0.1, 0.15) is 51.4 Å². The predicted octanol–water partition coefficient (Wildman–Crippen LogP) is 1.81. The van der Waals surface area contributed by atoms with Gasteiger partial charge in [-0.05, 0) is 64.0 Å². The van der Waals surface area contributed by atoms with Crippen LogP contribution in [0.2, 0.25) is 0 Å². The number of amides is 1. The summed E-state index contributed by atoms with van der Waals surface area (Å²) in [7, 11) is 2.22. The summed E-state index contributed by atoms with van der Waals surface area (Å²) in [4.78, 5) is 17.5. The highest BCUT2D eigenvalue weighted by atomic mass is 16.2. The molecule has 0 radical (unpaired) electrons. The van der Waals surface area contributed by atoms with Crippen molar-refractivity contribution in [2.24, 2.45) is 11.8 Å². The van der Waals surface area contributed by atoms with E-state index in [9.17, 15) is 4.79 Å². The van der Waals surface area contributed by atoms with Crippen LogP contribution in [0.5, 0.6) is 0 Å². The van der Waals surface area contributed by atoms with Crippen LogP contribution in [-0.2, 0) is 4.79 Å². The zero-order valence-electron chi connectivity index (χ0n) is 13.3. The molecule has 2 aliphatic carbocycles. The van der Waals surface area contributed by atoms with Crippen LogP contribution in [0, 0.1) is 11.8 Å². The van der Waals surface area contributed by atoms with E-state index in [2.05, 4.69) is 22.2 Å². The SMILES string of the molecule is CN1CCCC(CN2C(=O)C3(CC3)NC2C2CCCC2)C1. The summed E-state index contributed by atoms with van der Waals surface area (Å²) in [6, 6.07) is 0. The molecule has 4 nitrogen and oxygen atoms in total. The molecule has 4 aliphatic rings. The molecule has 2 heterocycles. The molecule has 0 aromatic heterocycles. The summed E-state index contributed by atoms with van der Waals surface area (Å²) >= 11 is 0. The Kier molecular flexibility index (Phi) is 3.49. The lowest BCUT2D eigenvalue weighted by Crippen LogP contribution is -2.47. The zero-order chi connectivity index (χ0) is 14.4. The maximum Gasteiger partial charge on any atom is 0.244 e. The molecule has 4 heteroatoms. The van der Waals surface area contributed by atoms with Gasteiger partial charge in [-0.15, -0.1) is 0 Å². The van der Waals surface area contributed by atoms with Crippen molar-refractivity contribution in [2.75, 3.05) is 26.7 Å². The summed E-state index contributed by atoms with van der Waals surface area (Å²) in [6.07, 6.45) is 10.4. The fraction of sp³-hybridized carbons (Fsp3) is 0.941. The summed E-state index contributed by atoms with van der Waals surface area (Å²) in [5.74, 6) is 1.80. The van der Waals surface area contributed by atoms with Crippen LogP contribution in [0.3, 0.4) is 0 Å². The molecule has 2 unspecified atom stereocenters. The molecule has 0 bridgehead atoms. The molecule has 4 rings (SSSR count). The van der Waals surface area contributed by atoms with Crippen LogP contribution in [0.25, 0.3) is 0 Å². The molecule has 118 valence electrons. The molecule has 2 aliphatic heterocycles. The molecular formula is C17H29N3O. The standard InChI is InChI=1S/C17H29N3O/c1-19-10-4-5-13(11-19)12-20-15(14-6-2-3-7-14)18-17(8-9-17)16(20)21/h13-15,18H,2-12H2,1H3. The minimum absolute atomic E-state index is 0.131. The van der Waals surface area contributed by atoms with E-state index in [4.69, 9.17) is 0 Å². The fourth-order valence-electron chi connectivity index (χ4n) is 4.85. The molecule has 1 spiro atoms. The van der Waals surface area contributed by atoms with Gasteiger partial charge in [0.1, 0.15) is 0 Å². The number of carbonyl (C=O) groups excluding carboxylic acids is 1. The summed E-state index contributed by atoms with van der Waals surface area (Å²) in [5.41, 5.74) is -0.131. The van der Waals surface area contributed by atoms with Crippen molar-refractivity contribution >= 4 is 5.91 Å². The van der Waals surface area contributed by atoms with Gasteiger partial charge in [-0.3, -0.25) is 10.1 Å². The minimum Gasteiger partial charge on any atom is -0.325 e. The van der Waals surface area contributed by atoms with Crippen molar-refractivity contribution in [1.29, 1.82) is 0 Å². The molecule has 2 atom stereocenters. The molecule has 1 N–H and O–H groups in total. The number of rotatable bonds is 3. The first kappa shape index (κ1) is 14.0. The van der Waals surface area contributed by atoms with Gasteiger partial charge in [0, 0.05) is 13.1 Å². The average Bonchev–Trinajstić information content (AvgIpc) is 2.95. The number of nitrogens with one attached hydrogen (secondary N) is 1. The third kappa shape index (κ3) is 2.50. The van der Waals surface area contributed by atoms with E-state index in [0.717, 1.165) is 25.9 Å². The molecule has 1 amide bonds. The van der Waals surface area contributed by atoms with Gasteiger partial charge in [0.05, 0.1) is 11.7 Å². The lowest BCUT2D eigenvalue weighted by Gasteiger charge is -2.36. The van der Waals surface area contributed by atoms with Crippen molar-refractivity contribution in [3.05, 3.63) is 0 Å². The van der Waals surface area contributed by atoms with Crippen molar-refractivity contribution < 1.29 is 4.79 Å². The number of carbonyl (C=O) groups is 1. The Hall–Kier alpha value is -0.610. The van der Waals surface area contributed by atoms with Crippen LogP contribution in [0.15, 0.2) is 0 Å². The van der Waals surface area contributed by atoms with E-state index >= 15 is 0 Å². The van der Waals surface area contributed by atoms with Gasteiger partial charge in [0.2, 0.25) is 5.91 Å². The van der Waals surface area contributed by atoms with Gasteiger partial charge in [0.15, 0.2) is 0 Å². The smallest absolute Gasteiger partial charge is 0.244 e. The van der Waals surface area contributed by atoms with Crippen LogP contribution in [-0.4, -0.2) is 54.1 Å². The van der Waals surface area contributed by atoms with E-state index in [1.807, 2.05) is 0 Å². The second kappa shape index (κ2) is 5.24. The van der Waals surface area contributed by atoms with Gasteiger partial charge in [-0.25, -0.2) is 0 Å². The minimum atomic E-state index is -0.131. The Morgan fingerprint density at radius 2 is 1.95 bits per heavy atom. The molecule has 2 saturated carbocycles. The van der Waals surface area contributed by atoms with E-state index in [1.54, 1.807) is 0 Å². The first-order chi connectivity index (χ1) is 10.2. The first-order valence-corrected chi connectivity index (χ1v) is 8.95. The normalized spacial score (nSPS) is 36.8. The largest absolute Gasteiger partial charge is 0.325 e. The quantitative estimate of drug-likeness (QED) is 0.861. The fourth-order valence-corrected chi connectivity index (χ4v) is 4.85. The molecule has 21 heavy (non-hydrogen) atoms. The lowest BCUT2D eigenvalue weighted by molar-refractivity contribution is -0.132. The summed E-state index contributed by atoms with van der Waals surface area (Å²) in [5, 5.41) is 3.75. The Balaban J connectivity index is 1.48. The maximum absolute atomic E-state index is 12.9. The number of likely N-dealkylation sites (tertiary alicyclic amines) is 1.